The molecule has 7 heteroatoms. The molecule has 1 heterocycles. The summed E-state index contributed by atoms with van der Waals surface area (Å²) in [7, 11) is -3.89. The van der Waals surface area contributed by atoms with Gasteiger partial charge in [-0.15, -0.1) is 0 Å². The van der Waals surface area contributed by atoms with Crippen molar-refractivity contribution in [1.82, 2.24) is 4.90 Å². The van der Waals surface area contributed by atoms with Gasteiger partial charge in [-0.25, -0.2) is 0 Å². The van der Waals surface area contributed by atoms with Crippen LogP contribution in [0.1, 0.15) is 28.7 Å². The van der Waals surface area contributed by atoms with Crippen molar-refractivity contribution < 1.29 is 23.2 Å². The van der Waals surface area contributed by atoms with Crippen LogP contribution in [0.25, 0.3) is 0 Å². The second-order valence-corrected chi connectivity index (χ2v) is 6.94. The molecule has 2 rings (SSSR count). The fraction of sp³-hybridized carbons (Fsp3) is 0.571. The minimum atomic E-state index is -3.89. The predicted octanol–water partition coefficient (Wildman–Crippen LogP) is 0.307. The van der Waals surface area contributed by atoms with Gasteiger partial charge in [-0.05, 0) is 41.6 Å². The number of aliphatic hydroxyl groups excluding tert-OH is 2. The predicted molar refractivity (Wildman–Crippen MR) is 78.3 cm³/mol. The van der Waals surface area contributed by atoms with E-state index in [9.17, 15) is 18.6 Å². The van der Waals surface area contributed by atoms with Crippen molar-refractivity contribution in [3.05, 3.63) is 34.4 Å². The maximum atomic E-state index is 10.7. The lowest BCUT2D eigenvalue weighted by Crippen LogP contribution is -2.32. The molecule has 1 aliphatic heterocycles. The van der Waals surface area contributed by atoms with Gasteiger partial charge in [0.1, 0.15) is 0 Å². The van der Waals surface area contributed by atoms with E-state index in [4.69, 9.17) is 4.55 Å². The number of rotatable bonds is 6. The number of nitrogens with zero attached hydrogens (tertiary/aromatic N) is 1. The number of aliphatic hydroxyl groups is 2. The molecular formula is C14H21NO5S. The Morgan fingerprint density at radius 1 is 1.10 bits per heavy atom. The molecule has 21 heavy (non-hydrogen) atoms. The van der Waals surface area contributed by atoms with Crippen molar-refractivity contribution >= 4 is 10.1 Å². The molecule has 0 aliphatic carbocycles. The summed E-state index contributed by atoms with van der Waals surface area (Å²) in [4.78, 5) is 2.13. The summed E-state index contributed by atoms with van der Waals surface area (Å²) in [6.45, 7) is 1.93. The highest BCUT2D eigenvalue weighted by molar-refractivity contribution is 7.85. The van der Waals surface area contributed by atoms with Gasteiger partial charge in [0, 0.05) is 13.1 Å². The van der Waals surface area contributed by atoms with Crippen molar-refractivity contribution in [2.45, 2.75) is 32.6 Å². The highest BCUT2D eigenvalue weighted by Crippen LogP contribution is 2.24. The van der Waals surface area contributed by atoms with Crippen LogP contribution >= 0.6 is 0 Å². The molecule has 1 aliphatic rings. The van der Waals surface area contributed by atoms with Crippen LogP contribution in [-0.2, 0) is 36.3 Å². The summed E-state index contributed by atoms with van der Waals surface area (Å²) in [6, 6.07) is 3.85. The summed E-state index contributed by atoms with van der Waals surface area (Å²) in [6.07, 6.45) is 1.23. The maximum Gasteiger partial charge on any atom is 0.264 e. The van der Waals surface area contributed by atoms with Gasteiger partial charge in [-0.1, -0.05) is 12.1 Å². The Kier molecular flexibility index (Phi) is 5.34. The molecule has 0 saturated heterocycles. The van der Waals surface area contributed by atoms with E-state index in [2.05, 4.69) is 4.90 Å². The van der Waals surface area contributed by atoms with Crippen LogP contribution in [0.5, 0.6) is 0 Å². The molecule has 0 bridgehead atoms. The van der Waals surface area contributed by atoms with Gasteiger partial charge in [0.2, 0.25) is 0 Å². The van der Waals surface area contributed by atoms with E-state index in [1.165, 1.54) is 5.56 Å². The number of benzene rings is 1. The third-order valence-corrected chi connectivity index (χ3v) is 4.64. The van der Waals surface area contributed by atoms with Gasteiger partial charge < -0.3 is 10.2 Å². The number of hydrogen-bond donors (Lipinski definition) is 3. The first-order chi connectivity index (χ1) is 9.93. The SMILES string of the molecule is O=S(=O)(O)CCCN1CCc2cc(CO)c(CO)cc2C1. The van der Waals surface area contributed by atoms with Crippen molar-refractivity contribution in [2.75, 3.05) is 18.8 Å². The summed E-state index contributed by atoms with van der Waals surface area (Å²) in [5, 5.41) is 18.6. The van der Waals surface area contributed by atoms with Crippen molar-refractivity contribution in [2.24, 2.45) is 0 Å². The van der Waals surface area contributed by atoms with Gasteiger partial charge in [-0.3, -0.25) is 9.45 Å². The second kappa shape index (κ2) is 6.85. The molecule has 0 fully saturated rings. The minimum Gasteiger partial charge on any atom is -0.392 e. The molecule has 0 spiro atoms. The van der Waals surface area contributed by atoms with E-state index < -0.39 is 10.1 Å². The molecule has 0 aromatic heterocycles. The van der Waals surface area contributed by atoms with Gasteiger partial charge >= 0.3 is 0 Å². The molecule has 1 aromatic carbocycles. The van der Waals surface area contributed by atoms with E-state index in [1.54, 1.807) is 0 Å². The van der Waals surface area contributed by atoms with Crippen LogP contribution in [0.4, 0.5) is 0 Å². The first-order valence-electron chi connectivity index (χ1n) is 6.95. The lowest BCUT2D eigenvalue weighted by Gasteiger charge is -2.29. The minimum absolute atomic E-state index is 0.0821. The average molecular weight is 315 g/mol. The monoisotopic (exact) mass is 315 g/mol. The molecule has 118 valence electrons. The molecule has 0 amide bonds. The molecule has 0 atom stereocenters. The Balaban J connectivity index is 2.03. The van der Waals surface area contributed by atoms with Gasteiger partial charge in [0.05, 0.1) is 19.0 Å². The lowest BCUT2D eigenvalue weighted by atomic mass is 9.94. The second-order valence-electron chi connectivity index (χ2n) is 5.37. The van der Waals surface area contributed by atoms with Crippen LogP contribution in [-0.4, -0.2) is 46.9 Å². The van der Waals surface area contributed by atoms with Crippen LogP contribution in [0.15, 0.2) is 12.1 Å². The smallest absolute Gasteiger partial charge is 0.264 e. The first-order valence-corrected chi connectivity index (χ1v) is 8.56. The highest BCUT2D eigenvalue weighted by Gasteiger charge is 2.18. The number of hydrogen-bond acceptors (Lipinski definition) is 5. The Morgan fingerprint density at radius 3 is 2.29 bits per heavy atom. The fourth-order valence-corrected chi connectivity index (χ4v) is 3.22. The standard InChI is InChI=1S/C14H21NO5S/c16-9-13-6-11-2-4-15(3-1-5-21(18,19)20)8-12(11)7-14(13)10-17/h6-7,16-17H,1-5,8-10H2,(H,18,19,20). The Morgan fingerprint density at radius 2 is 1.71 bits per heavy atom. The summed E-state index contributed by atoms with van der Waals surface area (Å²) in [5.74, 6) is -0.221. The number of fused-ring (bicyclic) bond motifs is 1. The zero-order chi connectivity index (χ0) is 15.5. The molecule has 0 radical (unpaired) electrons. The van der Waals surface area contributed by atoms with Crippen LogP contribution in [0.3, 0.4) is 0 Å². The molecule has 3 N–H and O–H groups in total. The Labute approximate surface area is 124 Å². The van der Waals surface area contributed by atoms with Crippen LogP contribution < -0.4 is 0 Å². The van der Waals surface area contributed by atoms with E-state index in [0.717, 1.165) is 29.7 Å². The van der Waals surface area contributed by atoms with E-state index in [1.807, 2.05) is 12.1 Å². The summed E-state index contributed by atoms with van der Waals surface area (Å²) in [5.41, 5.74) is 3.77. The largest absolute Gasteiger partial charge is 0.392 e. The van der Waals surface area contributed by atoms with E-state index in [0.29, 0.717) is 19.5 Å². The van der Waals surface area contributed by atoms with Crippen molar-refractivity contribution in [1.29, 1.82) is 0 Å². The molecule has 0 saturated carbocycles. The highest BCUT2D eigenvalue weighted by atomic mass is 32.2. The van der Waals surface area contributed by atoms with Crippen molar-refractivity contribution in [3.8, 4) is 0 Å². The Hall–Kier alpha value is -0.990. The third kappa shape index (κ3) is 4.49. The van der Waals surface area contributed by atoms with Crippen LogP contribution in [0, 0.1) is 0 Å². The third-order valence-electron chi connectivity index (χ3n) is 3.83. The summed E-state index contributed by atoms with van der Waals surface area (Å²) >= 11 is 0. The van der Waals surface area contributed by atoms with Gasteiger partial charge in [0.15, 0.2) is 0 Å². The maximum absolute atomic E-state index is 10.7. The van der Waals surface area contributed by atoms with Crippen molar-refractivity contribution in [3.63, 3.8) is 0 Å². The molecule has 0 unspecified atom stereocenters. The molecule has 6 nitrogen and oxygen atoms in total. The van der Waals surface area contributed by atoms with Gasteiger partial charge in [0.25, 0.3) is 10.1 Å². The summed E-state index contributed by atoms with van der Waals surface area (Å²) < 4.78 is 30.2. The fourth-order valence-electron chi connectivity index (χ4n) is 2.73. The lowest BCUT2D eigenvalue weighted by molar-refractivity contribution is 0.248. The van der Waals surface area contributed by atoms with E-state index in [-0.39, 0.29) is 19.0 Å². The zero-order valence-electron chi connectivity index (χ0n) is 11.8. The Bertz CT molecular complexity index is 600. The van der Waals surface area contributed by atoms with E-state index >= 15 is 0 Å². The quantitative estimate of drug-likeness (QED) is 0.654. The average Bonchev–Trinajstić information content (AvgIpc) is 2.44. The van der Waals surface area contributed by atoms with Crippen LogP contribution in [0.2, 0.25) is 0 Å². The zero-order valence-corrected chi connectivity index (χ0v) is 12.6. The topological polar surface area (TPSA) is 98.1 Å². The normalized spacial score (nSPS) is 16.0. The van der Waals surface area contributed by atoms with Gasteiger partial charge in [-0.2, -0.15) is 8.42 Å². The first kappa shape index (κ1) is 16.4. The molecule has 1 aromatic rings. The molecular weight excluding hydrogens is 294 g/mol.